The lowest BCUT2D eigenvalue weighted by Crippen LogP contribution is -2.45. The summed E-state index contributed by atoms with van der Waals surface area (Å²) >= 11 is 11.3. The lowest BCUT2D eigenvalue weighted by molar-refractivity contribution is 0.0975. The second-order valence-corrected chi connectivity index (χ2v) is 9.01. The molecule has 2 heterocycles. The van der Waals surface area contributed by atoms with Gasteiger partial charge in [0.2, 0.25) is 0 Å². The Bertz CT molecular complexity index is 972. The van der Waals surface area contributed by atoms with E-state index in [1.165, 1.54) is 0 Å². The number of hydrogen-bond donors (Lipinski definition) is 2. The van der Waals surface area contributed by atoms with Crippen molar-refractivity contribution in [2.24, 2.45) is 0 Å². The minimum atomic E-state index is -3.04. The maximum atomic E-state index is 12.6. The number of aromatic nitrogens is 1. The molecule has 10 heteroatoms. The first-order chi connectivity index (χ1) is 12.3. The summed E-state index contributed by atoms with van der Waals surface area (Å²) < 4.78 is 28.2. The van der Waals surface area contributed by atoms with Crippen LogP contribution in [0.15, 0.2) is 28.8 Å². The van der Waals surface area contributed by atoms with Gasteiger partial charge in [0.1, 0.15) is 17.0 Å². The SMILES string of the molecule is Cc1onc(-c2ccccc2Cl)c1C(=O)NC(=S)N[C@@H]1CCS(=O)(=O)C1. The normalized spacial score (nSPS) is 18.5. The van der Waals surface area contributed by atoms with Crippen LogP contribution in [0.3, 0.4) is 0 Å². The molecule has 0 bridgehead atoms. The Labute approximate surface area is 161 Å². The predicted molar refractivity (Wildman–Crippen MR) is 102 cm³/mol. The molecule has 1 saturated heterocycles. The van der Waals surface area contributed by atoms with Crippen molar-refractivity contribution in [3.05, 3.63) is 40.6 Å². The van der Waals surface area contributed by atoms with Crippen LogP contribution in [0, 0.1) is 6.92 Å². The van der Waals surface area contributed by atoms with Gasteiger partial charge >= 0.3 is 0 Å². The maximum absolute atomic E-state index is 12.6. The molecule has 1 aromatic carbocycles. The Hall–Kier alpha value is -1.97. The molecule has 7 nitrogen and oxygen atoms in total. The predicted octanol–water partition coefficient (Wildman–Crippen LogP) is 2.09. The number of nitrogens with zero attached hydrogens (tertiary/aromatic N) is 1. The molecule has 0 radical (unpaired) electrons. The highest BCUT2D eigenvalue weighted by atomic mass is 35.5. The average Bonchev–Trinajstić information content (AvgIpc) is 3.10. The van der Waals surface area contributed by atoms with Crippen LogP contribution in [-0.4, -0.2) is 42.1 Å². The molecule has 1 amide bonds. The zero-order valence-corrected chi connectivity index (χ0v) is 16.2. The van der Waals surface area contributed by atoms with E-state index in [2.05, 4.69) is 15.8 Å². The first kappa shape index (κ1) is 18.8. The van der Waals surface area contributed by atoms with Gasteiger partial charge in [-0.1, -0.05) is 35.0 Å². The molecule has 1 fully saturated rings. The third-order valence-corrected chi connectivity index (χ3v) is 6.33. The molecular weight excluding hydrogens is 398 g/mol. The van der Waals surface area contributed by atoms with E-state index in [0.29, 0.717) is 28.5 Å². The zero-order valence-electron chi connectivity index (χ0n) is 13.8. The molecule has 138 valence electrons. The Balaban J connectivity index is 1.76. The zero-order chi connectivity index (χ0) is 18.9. The fraction of sp³-hybridized carbons (Fsp3) is 0.312. The van der Waals surface area contributed by atoms with Gasteiger partial charge in [0.25, 0.3) is 5.91 Å². The smallest absolute Gasteiger partial charge is 0.263 e. The van der Waals surface area contributed by atoms with E-state index >= 15 is 0 Å². The summed E-state index contributed by atoms with van der Waals surface area (Å²) in [4.78, 5) is 12.6. The van der Waals surface area contributed by atoms with Crippen LogP contribution in [-0.2, 0) is 9.84 Å². The standard InChI is InChI=1S/C16H16ClN3O4S2/c1-9-13(14(20-24-9)11-4-2-3-5-12(11)17)15(21)19-16(25)18-10-6-7-26(22,23)8-10/h2-5,10H,6-8H2,1H3,(H2,18,19,21,25)/t10-/m1/s1. The number of carbonyl (C=O) groups excluding carboxylic acids is 1. The van der Waals surface area contributed by atoms with Gasteiger partial charge in [0, 0.05) is 11.6 Å². The van der Waals surface area contributed by atoms with Crippen molar-refractivity contribution in [2.45, 2.75) is 19.4 Å². The lowest BCUT2D eigenvalue weighted by Gasteiger charge is -2.14. The van der Waals surface area contributed by atoms with Gasteiger partial charge in [-0.05, 0) is 31.6 Å². The quantitative estimate of drug-likeness (QED) is 0.743. The summed E-state index contributed by atoms with van der Waals surface area (Å²) in [5.74, 6) is -0.0660. The van der Waals surface area contributed by atoms with Gasteiger partial charge in [0.05, 0.1) is 16.5 Å². The number of benzene rings is 1. The Morgan fingerprint density at radius 2 is 2.12 bits per heavy atom. The molecular formula is C16H16ClN3O4S2. The fourth-order valence-corrected chi connectivity index (χ4v) is 4.93. The van der Waals surface area contributed by atoms with Crippen LogP contribution < -0.4 is 10.6 Å². The topological polar surface area (TPSA) is 101 Å². The summed E-state index contributed by atoms with van der Waals surface area (Å²) in [6.07, 6.45) is 0.454. The number of rotatable bonds is 3. The van der Waals surface area contributed by atoms with Crippen LogP contribution >= 0.6 is 23.8 Å². The van der Waals surface area contributed by atoms with Crippen molar-refractivity contribution in [3.63, 3.8) is 0 Å². The molecule has 1 atom stereocenters. The minimum absolute atomic E-state index is 0.000176. The van der Waals surface area contributed by atoms with Gasteiger partial charge in [-0.25, -0.2) is 8.42 Å². The Morgan fingerprint density at radius 1 is 1.38 bits per heavy atom. The van der Waals surface area contributed by atoms with E-state index in [1.54, 1.807) is 31.2 Å². The fourth-order valence-electron chi connectivity index (χ4n) is 2.77. The summed E-state index contributed by atoms with van der Waals surface area (Å²) in [6.45, 7) is 1.61. The van der Waals surface area contributed by atoms with Crippen LogP contribution in [0.4, 0.5) is 0 Å². The molecule has 0 saturated carbocycles. The lowest BCUT2D eigenvalue weighted by atomic mass is 10.1. The van der Waals surface area contributed by atoms with Crippen molar-refractivity contribution in [3.8, 4) is 11.3 Å². The van der Waals surface area contributed by atoms with E-state index in [0.717, 1.165) is 0 Å². The van der Waals surface area contributed by atoms with Crippen molar-refractivity contribution in [1.29, 1.82) is 0 Å². The number of aryl methyl sites for hydroxylation is 1. The van der Waals surface area contributed by atoms with E-state index in [4.69, 9.17) is 28.3 Å². The van der Waals surface area contributed by atoms with Crippen LogP contribution in [0.1, 0.15) is 22.5 Å². The van der Waals surface area contributed by atoms with Crippen LogP contribution in [0.2, 0.25) is 5.02 Å². The first-order valence-corrected chi connectivity index (χ1v) is 10.4. The third kappa shape index (κ3) is 4.05. The molecule has 1 aliphatic rings. The van der Waals surface area contributed by atoms with Gasteiger partial charge < -0.3 is 9.84 Å². The molecule has 2 N–H and O–H groups in total. The average molecular weight is 414 g/mol. The van der Waals surface area contributed by atoms with Crippen LogP contribution in [0.25, 0.3) is 11.3 Å². The van der Waals surface area contributed by atoms with E-state index in [1.807, 2.05) is 0 Å². The van der Waals surface area contributed by atoms with Crippen LogP contribution in [0.5, 0.6) is 0 Å². The number of nitrogens with one attached hydrogen (secondary N) is 2. The highest BCUT2D eigenvalue weighted by molar-refractivity contribution is 7.91. The maximum Gasteiger partial charge on any atom is 0.263 e. The van der Waals surface area contributed by atoms with Crippen molar-refractivity contribution in [2.75, 3.05) is 11.5 Å². The minimum Gasteiger partial charge on any atom is -0.360 e. The second kappa shape index (κ2) is 7.34. The number of sulfone groups is 1. The van der Waals surface area contributed by atoms with Crippen molar-refractivity contribution in [1.82, 2.24) is 15.8 Å². The van der Waals surface area contributed by atoms with E-state index in [9.17, 15) is 13.2 Å². The van der Waals surface area contributed by atoms with Gasteiger partial charge in [0.15, 0.2) is 14.9 Å². The molecule has 1 aliphatic heterocycles. The number of carbonyl (C=O) groups is 1. The largest absolute Gasteiger partial charge is 0.360 e. The summed E-state index contributed by atoms with van der Waals surface area (Å²) in [5.41, 5.74) is 1.11. The van der Waals surface area contributed by atoms with Gasteiger partial charge in [-0.15, -0.1) is 0 Å². The summed E-state index contributed by atoms with van der Waals surface area (Å²) in [7, 11) is -3.04. The first-order valence-electron chi connectivity index (χ1n) is 7.80. The third-order valence-electron chi connectivity index (χ3n) is 4.01. The monoisotopic (exact) mass is 413 g/mol. The molecule has 1 aromatic heterocycles. The molecule has 26 heavy (non-hydrogen) atoms. The van der Waals surface area contributed by atoms with Crippen molar-refractivity contribution >= 4 is 44.7 Å². The second-order valence-electron chi connectivity index (χ2n) is 5.97. The number of thiocarbonyl (C=S) groups is 1. The summed E-state index contributed by atoms with van der Waals surface area (Å²) in [5, 5.41) is 9.84. The van der Waals surface area contributed by atoms with Gasteiger partial charge in [-0.3, -0.25) is 10.1 Å². The number of hydrogen-bond acceptors (Lipinski definition) is 6. The van der Waals surface area contributed by atoms with E-state index < -0.39 is 15.7 Å². The number of amides is 1. The highest BCUT2D eigenvalue weighted by Crippen LogP contribution is 2.30. The van der Waals surface area contributed by atoms with E-state index in [-0.39, 0.29) is 28.2 Å². The molecule has 0 aliphatic carbocycles. The Kier molecular flexibility index (Phi) is 5.31. The summed E-state index contributed by atoms with van der Waals surface area (Å²) in [6, 6.07) is 6.66. The molecule has 2 aromatic rings. The molecule has 0 spiro atoms. The van der Waals surface area contributed by atoms with Gasteiger partial charge in [-0.2, -0.15) is 0 Å². The molecule has 0 unspecified atom stereocenters. The molecule has 3 rings (SSSR count). The van der Waals surface area contributed by atoms with Crippen molar-refractivity contribution < 1.29 is 17.7 Å². The number of halogens is 1. The highest BCUT2D eigenvalue weighted by Gasteiger charge is 2.29. The Morgan fingerprint density at radius 3 is 2.77 bits per heavy atom.